The van der Waals surface area contributed by atoms with E-state index in [1.807, 2.05) is 0 Å². The van der Waals surface area contributed by atoms with Crippen molar-refractivity contribution in [1.29, 1.82) is 0 Å². The third-order valence-corrected chi connectivity index (χ3v) is 3.58. The molecule has 2 rings (SSSR count). The molecule has 2 unspecified atom stereocenters. The first kappa shape index (κ1) is 8.52. The van der Waals surface area contributed by atoms with Crippen molar-refractivity contribution in [3.05, 3.63) is 0 Å². The molecule has 1 aliphatic heterocycles. The predicted octanol–water partition coefficient (Wildman–Crippen LogP) is 1.07. The fourth-order valence-corrected chi connectivity index (χ4v) is 2.88. The van der Waals surface area contributed by atoms with Crippen molar-refractivity contribution in [2.45, 2.75) is 31.7 Å². The minimum atomic E-state index is 0.503. The van der Waals surface area contributed by atoms with Gasteiger partial charge in [-0.25, -0.2) is 0 Å². The van der Waals surface area contributed by atoms with Crippen LogP contribution in [0.25, 0.3) is 0 Å². The van der Waals surface area contributed by atoms with E-state index in [1.165, 1.54) is 38.8 Å². The molecule has 1 heterocycles. The highest BCUT2D eigenvalue weighted by Gasteiger charge is 2.34. The lowest BCUT2D eigenvalue weighted by molar-refractivity contribution is 0.128. The van der Waals surface area contributed by atoms with Gasteiger partial charge in [0, 0.05) is 19.1 Å². The summed E-state index contributed by atoms with van der Waals surface area (Å²) in [5.41, 5.74) is 6.22. The lowest BCUT2D eigenvalue weighted by atomic mass is 9.83. The van der Waals surface area contributed by atoms with E-state index in [0.717, 1.165) is 11.8 Å². The molecule has 1 aliphatic carbocycles. The normalized spacial score (nSPS) is 44.0. The van der Waals surface area contributed by atoms with Crippen LogP contribution < -0.4 is 5.73 Å². The van der Waals surface area contributed by atoms with Gasteiger partial charge in [-0.05, 0) is 31.7 Å². The van der Waals surface area contributed by atoms with Gasteiger partial charge in [0.15, 0.2) is 0 Å². The summed E-state index contributed by atoms with van der Waals surface area (Å²) in [5, 5.41) is 0. The maximum Gasteiger partial charge on any atom is 0.0120 e. The molecule has 1 saturated heterocycles. The molecule has 12 heavy (non-hydrogen) atoms. The predicted molar refractivity (Wildman–Crippen MR) is 50.9 cm³/mol. The van der Waals surface area contributed by atoms with Crippen molar-refractivity contribution in [1.82, 2.24) is 4.90 Å². The molecule has 2 bridgehead atoms. The minimum Gasteiger partial charge on any atom is -0.327 e. The molecule has 2 atom stereocenters. The van der Waals surface area contributed by atoms with Crippen LogP contribution in [0.15, 0.2) is 0 Å². The fraction of sp³-hybridized carbons (Fsp3) is 1.00. The van der Waals surface area contributed by atoms with Crippen LogP contribution in [-0.2, 0) is 0 Å². The van der Waals surface area contributed by atoms with E-state index in [0.29, 0.717) is 6.04 Å². The van der Waals surface area contributed by atoms with Crippen LogP contribution in [0.3, 0.4) is 0 Å². The fourth-order valence-electron chi connectivity index (χ4n) is 2.88. The van der Waals surface area contributed by atoms with Gasteiger partial charge in [0.05, 0.1) is 0 Å². The average molecular weight is 168 g/mol. The third-order valence-electron chi connectivity index (χ3n) is 3.58. The number of rotatable bonds is 0. The number of fused-ring (bicyclic) bond motifs is 2. The summed E-state index contributed by atoms with van der Waals surface area (Å²) in [4.78, 5) is 2.46. The zero-order valence-corrected chi connectivity index (χ0v) is 8.00. The first-order chi connectivity index (χ1) is 5.77. The first-order valence-electron chi connectivity index (χ1n) is 5.21. The summed E-state index contributed by atoms with van der Waals surface area (Å²) in [6, 6.07) is 0.503. The van der Waals surface area contributed by atoms with Crippen molar-refractivity contribution < 1.29 is 0 Å². The number of hydrogen-bond acceptors (Lipinski definition) is 2. The molecular weight excluding hydrogens is 148 g/mol. The Morgan fingerprint density at radius 1 is 1.08 bits per heavy atom. The molecule has 70 valence electrons. The van der Waals surface area contributed by atoms with Crippen molar-refractivity contribution in [2.24, 2.45) is 17.6 Å². The molecule has 2 heteroatoms. The van der Waals surface area contributed by atoms with E-state index in [9.17, 15) is 0 Å². The maximum atomic E-state index is 6.22. The molecule has 2 fully saturated rings. The standard InChI is InChI=1S/C10H20N2/c1-12-6-8-4-2-3-5-9(7-12)10(8)11/h8-10H,2-7,11H2,1H3. The van der Waals surface area contributed by atoms with Gasteiger partial charge in [-0.1, -0.05) is 12.8 Å². The number of piperidine rings is 1. The SMILES string of the molecule is CN1CC2CCCCC(C1)C2N. The Morgan fingerprint density at radius 3 is 2.08 bits per heavy atom. The van der Waals surface area contributed by atoms with Crippen LogP contribution >= 0.6 is 0 Å². The van der Waals surface area contributed by atoms with Gasteiger partial charge in [0.1, 0.15) is 0 Å². The van der Waals surface area contributed by atoms with E-state index in [2.05, 4.69) is 11.9 Å². The molecule has 0 aromatic rings. The molecule has 0 radical (unpaired) electrons. The largest absolute Gasteiger partial charge is 0.327 e. The Bertz CT molecular complexity index is 142. The van der Waals surface area contributed by atoms with Gasteiger partial charge in [-0.2, -0.15) is 0 Å². The van der Waals surface area contributed by atoms with Crippen molar-refractivity contribution in [2.75, 3.05) is 20.1 Å². The lowest BCUT2D eigenvalue weighted by Crippen LogP contribution is -2.51. The monoisotopic (exact) mass is 168 g/mol. The Morgan fingerprint density at radius 2 is 1.58 bits per heavy atom. The van der Waals surface area contributed by atoms with Crippen LogP contribution in [0, 0.1) is 11.8 Å². The third kappa shape index (κ3) is 1.50. The number of hydrogen-bond donors (Lipinski definition) is 1. The Hall–Kier alpha value is -0.0800. The topological polar surface area (TPSA) is 29.3 Å². The van der Waals surface area contributed by atoms with Gasteiger partial charge in [0.25, 0.3) is 0 Å². The summed E-state index contributed by atoms with van der Waals surface area (Å²) >= 11 is 0. The van der Waals surface area contributed by atoms with E-state index in [4.69, 9.17) is 5.73 Å². The van der Waals surface area contributed by atoms with Crippen LogP contribution in [0.2, 0.25) is 0 Å². The molecule has 0 aromatic heterocycles. The molecule has 0 spiro atoms. The zero-order chi connectivity index (χ0) is 8.55. The number of nitrogens with zero attached hydrogens (tertiary/aromatic N) is 1. The van der Waals surface area contributed by atoms with Crippen LogP contribution in [-0.4, -0.2) is 31.1 Å². The summed E-state index contributed by atoms with van der Waals surface area (Å²) < 4.78 is 0. The maximum absolute atomic E-state index is 6.22. The smallest absolute Gasteiger partial charge is 0.0120 e. The second kappa shape index (κ2) is 3.35. The van der Waals surface area contributed by atoms with Gasteiger partial charge < -0.3 is 10.6 Å². The lowest BCUT2D eigenvalue weighted by Gasteiger charge is -2.39. The second-order valence-electron chi connectivity index (χ2n) is 4.60. The summed E-state index contributed by atoms with van der Waals surface area (Å²) in [5.74, 6) is 1.58. The molecule has 1 saturated carbocycles. The molecular formula is C10H20N2. The van der Waals surface area contributed by atoms with E-state index in [1.54, 1.807) is 0 Å². The summed E-state index contributed by atoms with van der Waals surface area (Å²) in [6.45, 7) is 2.47. The van der Waals surface area contributed by atoms with Gasteiger partial charge in [-0.3, -0.25) is 0 Å². The molecule has 2 nitrogen and oxygen atoms in total. The van der Waals surface area contributed by atoms with Crippen LogP contribution in [0.5, 0.6) is 0 Å². The summed E-state index contributed by atoms with van der Waals surface area (Å²) in [6.07, 6.45) is 5.54. The zero-order valence-electron chi connectivity index (χ0n) is 8.00. The Kier molecular flexibility index (Phi) is 2.37. The molecule has 0 amide bonds. The number of nitrogens with two attached hydrogens (primary N) is 1. The Labute approximate surface area is 75.1 Å². The van der Waals surface area contributed by atoms with Gasteiger partial charge >= 0.3 is 0 Å². The van der Waals surface area contributed by atoms with Crippen molar-refractivity contribution in [3.63, 3.8) is 0 Å². The van der Waals surface area contributed by atoms with E-state index in [-0.39, 0.29) is 0 Å². The van der Waals surface area contributed by atoms with Crippen molar-refractivity contribution in [3.8, 4) is 0 Å². The highest BCUT2D eigenvalue weighted by atomic mass is 15.1. The first-order valence-corrected chi connectivity index (χ1v) is 5.21. The minimum absolute atomic E-state index is 0.503. The van der Waals surface area contributed by atoms with Gasteiger partial charge in [0.2, 0.25) is 0 Å². The van der Waals surface area contributed by atoms with E-state index >= 15 is 0 Å². The van der Waals surface area contributed by atoms with Crippen LogP contribution in [0.4, 0.5) is 0 Å². The van der Waals surface area contributed by atoms with Crippen LogP contribution in [0.1, 0.15) is 25.7 Å². The highest BCUT2D eigenvalue weighted by molar-refractivity contribution is 4.90. The summed E-state index contributed by atoms with van der Waals surface area (Å²) in [7, 11) is 2.23. The van der Waals surface area contributed by atoms with E-state index < -0.39 is 0 Å². The number of likely N-dealkylation sites (tertiary alicyclic amines) is 1. The van der Waals surface area contributed by atoms with Crippen molar-refractivity contribution >= 4 is 0 Å². The molecule has 2 N–H and O–H groups in total. The Balaban J connectivity index is 2.08. The highest BCUT2D eigenvalue weighted by Crippen LogP contribution is 2.31. The molecule has 0 aromatic carbocycles. The average Bonchev–Trinajstić information content (AvgIpc) is 2.19. The second-order valence-corrected chi connectivity index (χ2v) is 4.60. The van der Waals surface area contributed by atoms with Gasteiger partial charge in [-0.15, -0.1) is 0 Å². The molecule has 2 aliphatic rings. The quantitative estimate of drug-likeness (QED) is 0.586.